The van der Waals surface area contributed by atoms with Crippen molar-refractivity contribution in [3.8, 4) is 0 Å². The minimum Gasteiger partial charge on any atom is -0.316 e. The molecule has 1 rings (SSSR count). The van der Waals surface area contributed by atoms with Crippen molar-refractivity contribution >= 4 is 15.9 Å². The fraction of sp³-hybridized carbons (Fsp3) is 0.600. The van der Waals surface area contributed by atoms with Gasteiger partial charge in [0.1, 0.15) is 5.82 Å². The van der Waals surface area contributed by atoms with Gasteiger partial charge in [-0.2, -0.15) is 0 Å². The molecule has 0 saturated carbocycles. The Morgan fingerprint density at radius 3 is 2.61 bits per heavy atom. The van der Waals surface area contributed by atoms with Gasteiger partial charge in [-0.1, -0.05) is 26.8 Å². The Bertz CT molecular complexity index is 366. The summed E-state index contributed by atoms with van der Waals surface area (Å²) < 4.78 is 13.7. The van der Waals surface area contributed by atoms with E-state index in [0.29, 0.717) is 16.3 Å². The maximum atomic E-state index is 13.2. The van der Waals surface area contributed by atoms with Gasteiger partial charge in [0.05, 0.1) is 4.47 Å². The lowest BCUT2D eigenvalue weighted by Gasteiger charge is -2.21. The molecule has 18 heavy (non-hydrogen) atoms. The Morgan fingerprint density at radius 2 is 2.06 bits per heavy atom. The molecule has 0 fully saturated rings. The van der Waals surface area contributed by atoms with Gasteiger partial charge in [0, 0.05) is 0 Å². The van der Waals surface area contributed by atoms with E-state index in [-0.39, 0.29) is 5.82 Å². The highest BCUT2D eigenvalue weighted by Gasteiger charge is 2.14. The van der Waals surface area contributed by atoms with Gasteiger partial charge in [-0.3, -0.25) is 0 Å². The summed E-state index contributed by atoms with van der Waals surface area (Å²) in [5.41, 5.74) is 1.19. The van der Waals surface area contributed by atoms with Crippen molar-refractivity contribution in [2.45, 2.75) is 33.6 Å². The normalized spacial score (nSPS) is 13.0. The lowest BCUT2D eigenvalue weighted by Crippen LogP contribution is -2.28. The zero-order valence-corrected chi connectivity index (χ0v) is 13.1. The van der Waals surface area contributed by atoms with Gasteiger partial charge in [0.15, 0.2) is 0 Å². The average molecular weight is 316 g/mol. The first-order valence-electron chi connectivity index (χ1n) is 6.69. The van der Waals surface area contributed by atoms with E-state index in [1.165, 1.54) is 11.6 Å². The number of benzene rings is 1. The molecule has 1 aromatic rings. The smallest absolute Gasteiger partial charge is 0.137 e. The first-order chi connectivity index (χ1) is 8.54. The van der Waals surface area contributed by atoms with Crippen molar-refractivity contribution < 1.29 is 4.39 Å². The summed E-state index contributed by atoms with van der Waals surface area (Å²) in [6.07, 6.45) is 2.15. The Hall–Kier alpha value is -0.410. The van der Waals surface area contributed by atoms with E-state index >= 15 is 0 Å². The number of nitrogens with one attached hydrogen (secondary N) is 1. The SMILES string of the molecule is CCCNCC(Cc1ccc(F)c(Br)c1)C(C)C. The van der Waals surface area contributed by atoms with Crippen molar-refractivity contribution in [3.63, 3.8) is 0 Å². The number of hydrogen-bond acceptors (Lipinski definition) is 1. The molecule has 0 radical (unpaired) electrons. The van der Waals surface area contributed by atoms with Crippen LogP contribution < -0.4 is 5.32 Å². The third-order valence-corrected chi connectivity index (χ3v) is 3.87. The first-order valence-corrected chi connectivity index (χ1v) is 7.48. The second-order valence-electron chi connectivity index (χ2n) is 5.16. The van der Waals surface area contributed by atoms with Crippen LogP contribution >= 0.6 is 15.9 Å². The van der Waals surface area contributed by atoms with Crippen molar-refractivity contribution in [2.75, 3.05) is 13.1 Å². The van der Waals surface area contributed by atoms with Gasteiger partial charge in [-0.15, -0.1) is 0 Å². The van der Waals surface area contributed by atoms with E-state index in [2.05, 4.69) is 42.0 Å². The van der Waals surface area contributed by atoms with Crippen molar-refractivity contribution in [1.82, 2.24) is 5.32 Å². The zero-order valence-electron chi connectivity index (χ0n) is 11.5. The van der Waals surface area contributed by atoms with E-state index in [4.69, 9.17) is 0 Å². The second-order valence-corrected chi connectivity index (χ2v) is 6.02. The summed E-state index contributed by atoms with van der Waals surface area (Å²) in [5, 5.41) is 3.48. The van der Waals surface area contributed by atoms with Crippen LogP contribution in [0.15, 0.2) is 22.7 Å². The molecule has 3 heteroatoms. The van der Waals surface area contributed by atoms with E-state index in [9.17, 15) is 4.39 Å². The number of halogens is 2. The summed E-state index contributed by atoms with van der Waals surface area (Å²) >= 11 is 3.25. The quantitative estimate of drug-likeness (QED) is 0.735. The Balaban J connectivity index is 2.61. The molecular formula is C15H23BrFN. The van der Waals surface area contributed by atoms with Crippen LogP contribution in [0.5, 0.6) is 0 Å². The van der Waals surface area contributed by atoms with Crippen LogP contribution in [0.2, 0.25) is 0 Å². The largest absolute Gasteiger partial charge is 0.316 e. The van der Waals surface area contributed by atoms with Gasteiger partial charge >= 0.3 is 0 Å². The average Bonchev–Trinajstić information content (AvgIpc) is 2.32. The molecule has 1 atom stereocenters. The molecule has 1 aromatic carbocycles. The molecule has 0 aliphatic rings. The van der Waals surface area contributed by atoms with Gasteiger partial charge < -0.3 is 5.32 Å². The number of hydrogen-bond donors (Lipinski definition) is 1. The Morgan fingerprint density at radius 1 is 1.33 bits per heavy atom. The van der Waals surface area contributed by atoms with Crippen molar-refractivity contribution in [3.05, 3.63) is 34.1 Å². The Kier molecular flexibility index (Phi) is 6.87. The summed E-state index contributed by atoms with van der Waals surface area (Å²) in [6, 6.07) is 5.32. The molecular weight excluding hydrogens is 293 g/mol. The molecule has 1 nitrogen and oxygen atoms in total. The van der Waals surface area contributed by atoms with Crippen molar-refractivity contribution in [1.29, 1.82) is 0 Å². The summed E-state index contributed by atoms with van der Waals surface area (Å²) in [5.74, 6) is 1.02. The van der Waals surface area contributed by atoms with Gasteiger partial charge in [0.25, 0.3) is 0 Å². The summed E-state index contributed by atoms with van der Waals surface area (Å²) in [7, 11) is 0. The molecule has 1 unspecified atom stereocenters. The summed E-state index contributed by atoms with van der Waals surface area (Å²) in [6.45, 7) is 8.76. The van der Waals surface area contributed by atoms with Crippen LogP contribution in [0.25, 0.3) is 0 Å². The molecule has 0 amide bonds. The van der Waals surface area contributed by atoms with E-state index in [1.807, 2.05) is 12.1 Å². The van der Waals surface area contributed by atoms with Crippen LogP contribution in [0.3, 0.4) is 0 Å². The lowest BCUT2D eigenvalue weighted by molar-refractivity contribution is 0.361. The van der Waals surface area contributed by atoms with Crippen molar-refractivity contribution in [2.24, 2.45) is 11.8 Å². The highest BCUT2D eigenvalue weighted by Crippen LogP contribution is 2.21. The third-order valence-electron chi connectivity index (χ3n) is 3.26. The molecule has 102 valence electrons. The monoisotopic (exact) mass is 315 g/mol. The van der Waals surface area contributed by atoms with E-state index < -0.39 is 0 Å². The standard InChI is InChI=1S/C15H23BrFN/c1-4-7-18-10-13(11(2)3)8-12-5-6-15(17)14(16)9-12/h5-6,9,11,13,18H,4,7-8,10H2,1-3H3. The fourth-order valence-electron chi connectivity index (χ4n) is 1.98. The van der Waals surface area contributed by atoms with Crippen LogP contribution in [0.4, 0.5) is 4.39 Å². The predicted molar refractivity (Wildman–Crippen MR) is 79.3 cm³/mol. The maximum Gasteiger partial charge on any atom is 0.137 e. The lowest BCUT2D eigenvalue weighted by atomic mass is 9.89. The van der Waals surface area contributed by atoms with Gasteiger partial charge in [-0.05, 0) is 71.4 Å². The molecule has 1 N–H and O–H groups in total. The minimum absolute atomic E-state index is 0.191. The third kappa shape index (κ3) is 5.07. The van der Waals surface area contributed by atoms with Crippen LogP contribution in [-0.2, 0) is 6.42 Å². The van der Waals surface area contributed by atoms with E-state index in [0.717, 1.165) is 25.9 Å². The molecule has 0 aromatic heterocycles. The second kappa shape index (κ2) is 7.90. The highest BCUT2D eigenvalue weighted by molar-refractivity contribution is 9.10. The Labute approximate surface area is 118 Å². The molecule has 0 aliphatic carbocycles. The van der Waals surface area contributed by atoms with Gasteiger partial charge in [-0.25, -0.2) is 4.39 Å². The summed E-state index contributed by atoms with van der Waals surface area (Å²) in [4.78, 5) is 0. The van der Waals surface area contributed by atoms with Crippen LogP contribution in [0, 0.1) is 17.7 Å². The maximum absolute atomic E-state index is 13.2. The molecule has 0 bridgehead atoms. The minimum atomic E-state index is -0.191. The predicted octanol–water partition coefficient (Wildman–Crippen LogP) is 4.40. The van der Waals surface area contributed by atoms with E-state index in [1.54, 1.807) is 0 Å². The first kappa shape index (κ1) is 15.6. The highest BCUT2D eigenvalue weighted by atomic mass is 79.9. The van der Waals surface area contributed by atoms with Gasteiger partial charge in [0.2, 0.25) is 0 Å². The molecule has 0 saturated heterocycles. The molecule has 0 heterocycles. The fourth-order valence-corrected chi connectivity index (χ4v) is 2.40. The number of rotatable bonds is 7. The topological polar surface area (TPSA) is 12.0 Å². The zero-order chi connectivity index (χ0) is 13.5. The van der Waals surface area contributed by atoms with Crippen LogP contribution in [-0.4, -0.2) is 13.1 Å². The molecule has 0 spiro atoms. The molecule has 0 aliphatic heterocycles. The van der Waals surface area contributed by atoms with Crippen LogP contribution in [0.1, 0.15) is 32.8 Å².